The highest BCUT2D eigenvalue weighted by atomic mass is 16.5. The van der Waals surface area contributed by atoms with Crippen LogP contribution in [0.1, 0.15) is 49.1 Å². The van der Waals surface area contributed by atoms with Gasteiger partial charge in [-0.2, -0.15) is 0 Å². The van der Waals surface area contributed by atoms with E-state index in [1.54, 1.807) is 14.2 Å². The Morgan fingerprint density at radius 3 is 2.49 bits per heavy atom. The van der Waals surface area contributed by atoms with Crippen molar-refractivity contribution in [2.75, 3.05) is 40.5 Å². The Kier molecular flexibility index (Phi) is 7.28. The first-order valence-electron chi connectivity index (χ1n) is 12.8. The van der Waals surface area contributed by atoms with E-state index >= 15 is 0 Å². The minimum atomic E-state index is -0.00979. The number of rotatable bonds is 7. The molecule has 1 aliphatic carbocycles. The number of amides is 1. The zero-order valence-corrected chi connectivity index (χ0v) is 20.8. The summed E-state index contributed by atoms with van der Waals surface area (Å²) in [5.41, 5.74) is 2.99. The van der Waals surface area contributed by atoms with Gasteiger partial charge >= 0.3 is 0 Å². The lowest BCUT2D eigenvalue weighted by molar-refractivity contribution is -0.118. The first-order chi connectivity index (χ1) is 17.1. The summed E-state index contributed by atoms with van der Waals surface area (Å²) in [7, 11) is 3.35. The van der Waals surface area contributed by atoms with E-state index in [9.17, 15) is 4.79 Å². The van der Waals surface area contributed by atoms with Crippen LogP contribution in [0.5, 0.6) is 17.2 Å². The van der Waals surface area contributed by atoms with Gasteiger partial charge in [0.15, 0.2) is 0 Å². The predicted molar refractivity (Wildman–Crippen MR) is 137 cm³/mol. The molecule has 2 aliphatic heterocycles. The second kappa shape index (κ2) is 10.7. The summed E-state index contributed by atoms with van der Waals surface area (Å²) in [6.45, 7) is 3.75. The van der Waals surface area contributed by atoms with Crippen molar-refractivity contribution < 1.29 is 19.0 Å². The van der Waals surface area contributed by atoms with Gasteiger partial charge in [0.1, 0.15) is 23.9 Å². The van der Waals surface area contributed by atoms with E-state index in [1.165, 1.54) is 24.8 Å². The Hall–Kier alpha value is -2.99. The molecular weight excluding hydrogens is 440 g/mol. The van der Waals surface area contributed by atoms with Gasteiger partial charge in [-0.3, -0.25) is 4.79 Å². The highest BCUT2D eigenvalue weighted by molar-refractivity contribution is 5.99. The zero-order chi connectivity index (χ0) is 24.2. The molecule has 2 heterocycles. The third-order valence-corrected chi connectivity index (χ3v) is 7.79. The Labute approximate surface area is 208 Å². The normalized spacial score (nSPS) is 22.6. The van der Waals surface area contributed by atoms with E-state index < -0.39 is 0 Å². The first kappa shape index (κ1) is 23.7. The van der Waals surface area contributed by atoms with Crippen LogP contribution in [0.4, 0.5) is 0 Å². The Bertz CT molecular complexity index is 1060. The average molecular weight is 477 g/mol. The molecule has 2 atom stereocenters. The molecule has 0 spiro atoms. The number of hydrogen-bond donors (Lipinski definition) is 1. The minimum absolute atomic E-state index is 0.00979. The fourth-order valence-corrected chi connectivity index (χ4v) is 5.75. The van der Waals surface area contributed by atoms with Gasteiger partial charge in [-0.25, -0.2) is 0 Å². The van der Waals surface area contributed by atoms with Gasteiger partial charge in [-0.05, 0) is 99.0 Å². The van der Waals surface area contributed by atoms with Crippen molar-refractivity contribution >= 4 is 12.0 Å². The van der Waals surface area contributed by atoms with Crippen LogP contribution in [0.2, 0.25) is 0 Å². The Morgan fingerprint density at radius 1 is 1.00 bits per heavy atom. The lowest BCUT2D eigenvalue weighted by atomic mass is 9.89. The maximum absolute atomic E-state index is 12.9. The largest absolute Gasteiger partial charge is 0.497 e. The van der Waals surface area contributed by atoms with Crippen LogP contribution >= 0.6 is 0 Å². The number of nitrogens with one attached hydrogen (secondary N) is 1. The lowest BCUT2D eigenvalue weighted by Gasteiger charge is -2.33. The summed E-state index contributed by atoms with van der Waals surface area (Å²) in [6.07, 6.45) is 7.63. The second-order valence-corrected chi connectivity index (χ2v) is 10.1. The number of benzene rings is 2. The molecule has 186 valence electrons. The quantitative estimate of drug-likeness (QED) is 0.631. The summed E-state index contributed by atoms with van der Waals surface area (Å²) in [5, 5.41) is 3.27. The first-order valence-corrected chi connectivity index (χ1v) is 12.8. The molecule has 2 aromatic carbocycles. The van der Waals surface area contributed by atoms with E-state index in [-0.39, 0.29) is 11.9 Å². The third kappa shape index (κ3) is 5.64. The Balaban J connectivity index is 1.08. The molecule has 0 bridgehead atoms. The summed E-state index contributed by atoms with van der Waals surface area (Å²) in [5.74, 6) is 3.76. The van der Waals surface area contributed by atoms with Crippen LogP contribution in [0.15, 0.2) is 48.0 Å². The van der Waals surface area contributed by atoms with Crippen molar-refractivity contribution in [3.8, 4) is 17.2 Å². The van der Waals surface area contributed by atoms with Crippen molar-refractivity contribution in [2.45, 2.75) is 44.1 Å². The monoisotopic (exact) mass is 476 g/mol. The molecule has 35 heavy (non-hydrogen) atoms. The van der Waals surface area contributed by atoms with Crippen molar-refractivity contribution in [1.29, 1.82) is 0 Å². The van der Waals surface area contributed by atoms with Gasteiger partial charge in [0.25, 0.3) is 5.91 Å². The van der Waals surface area contributed by atoms with Crippen molar-refractivity contribution in [1.82, 2.24) is 10.2 Å². The topological polar surface area (TPSA) is 60.0 Å². The number of carbonyl (C=O) groups excluding carboxylic acids is 1. The van der Waals surface area contributed by atoms with Crippen molar-refractivity contribution in [2.24, 2.45) is 5.92 Å². The van der Waals surface area contributed by atoms with Gasteiger partial charge in [-0.1, -0.05) is 12.1 Å². The number of carbonyl (C=O) groups is 1. The van der Waals surface area contributed by atoms with E-state index in [0.717, 1.165) is 55.3 Å². The molecule has 1 N–H and O–H groups in total. The molecule has 6 nitrogen and oxygen atoms in total. The summed E-state index contributed by atoms with van der Waals surface area (Å²) in [4.78, 5) is 15.5. The molecule has 2 unspecified atom stereocenters. The van der Waals surface area contributed by atoms with Crippen molar-refractivity contribution in [3.63, 3.8) is 0 Å². The number of ether oxygens (including phenoxy) is 3. The number of hydrogen-bond acceptors (Lipinski definition) is 5. The zero-order valence-electron chi connectivity index (χ0n) is 20.8. The lowest BCUT2D eigenvalue weighted by Crippen LogP contribution is -2.38. The van der Waals surface area contributed by atoms with Gasteiger partial charge < -0.3 is 24.4 Å². The maximum Gasteiger partial charge on any atom is 0.250 e. The SMILES string of the molecule is COc1ccc(C2CCN(CC3CCC(NC(=O)C4=Cc5cc(OC)ccc5OC4)C3)CC2)cc1. The molecule has 0 radical (unpaired) electrons. The fraction of sp³-hybridized carbons (Fsp3) is 0.483. The number of nitrogens with zero attached hydrogens (tertiary/aromatic N) is 1. The van der Waals surface area contributed by atoms with Crippen LogP contribution in [-0.4, -0.2) is 57.3 Å². The van der Waals surface area contributed by atoms with E-state index in [4.69, 9.17) is 14.2 Å². The van der Waals surface area contributed by atoms with Gasteiger partial charge in [-0.15, -0.1) is 0 Å². The standard InChI is InChI=1S/C29H36N2O4/c1-33-26-7-4-21(5-8-26)22-11-13-31(14-12-22)18-20-3-6-25(15-20)30-29(32)24-16-23-17-27(34-2)9-10-28(23)35-19-24/h4-5,7-10,16-17,20,22,25H,3,6,11-15,18-19H2,1-2H3,(H,30,32). The number of methoxy groups -OCH3 is 2. The van der Waals surface area contributed by atoms with Crippen LogP contribution in [0.3, 0.4) is 0 Å². The maximum atomic E-state index is 12.9. The molecule has 5 rings (SSSR count). The molecule has 1 saturated carbocycles. The molecule has 1 saturated heterocycles. The van der Waals surface area contributed by atoms with Crippen LogP contribution in [0.25, 0.3) is 6.08 Å². The highest BCUT2D eigenvalue weighted by Gasteiger charge is 2.30. The van der Waals surface area contributed by atoms with E-state index in [2.05, 4.69) is 34.5 Å². The van der Waals surface area contributed by atoms with Crippen LogP contribution in [-0.2, 0) is 4.79 Å². The molecule has 2 aromatic rings. The fourth-order valence-electron chi connectivity index (χ4n) is 5.75. The van der Waals surface area contributed by atoms with E-state index in [1.807, 2.05) is 24.3 Å². The molecule has 3 aliphatic rings. The van der Waals surface area contributed by atoms with Crippen molar-refractivity contribution in [3.05, 3.63) is 59.2 Å². The Morgan fingerprint density at radius 2 is 1.74 bits per heavy atom. The summed E-state index contributed by atoms with van der Waals surface area (Å²) in [6, 6.07) is 14.5. The highest BCUT2D eigenvalue weighted by Crippen LogP contribution is 2.33. The van der Waals surface area contributed by atoms with Gasteiger partial charge in [0.05, 0.1) is 19.8 Å². The summed E-state index contributed by atoms with van der Waals surface area (Å²) >= 11 is 0. The number of piperidine rings is 1. The molecular formula is C29H36N2O4. The third-order valence-electron chi connectivity index (χ3n) is 7.79. The summed E-state index contributed by atoms with van der Waals surface area (Å²) < 4.78 is 16.4. The molecule has 1 amide bonds. The molecule has 2 fully saturated rings. The van der Waals surface area contributed by atoms with Crippen LogP contribution < -0.4 is 19.5 Å². The average Bonchev–Trinajstić information content (AvgIpc) is 3.34. The predicted octanol–water partition coefficient (Wildman–Crippen LogP) is 4.64. The van der Waals surface area contributed by atoms with Gasteiger partial charge in [0, 0.05) is 18.2 Å². The molecule has 6 heteroatoms. The van der Waals surface area contributed by atoms with E-state index in [0.29, 0.717) is 24.0 Å². The minimum Gasteiger partial charge on any atom is -0.497 e. The van der Waals surface area contributed by atoms with Gasteiger partial charge in [0.2, 0.25) is 0 Å². The second-order valence-electron chi connectivity index (χ2n) is 10.1. The molecule has 0 aromatic heterocycles. The number of likely N-dealkylation sites (tertiary alicyclic amines) is 1. The van der Waals surface area contributed by atoms with Crippen LogP contribution in [0, 0.1) is 5.92 Å². The number of fused-ring (bicyclic) bond motifs is 1. The smallest absolute Gasteiger partial charge is 0.250 e.